The van der Waals surface area contributed by atoms with Crippen LogP contribution in [0.2, 0.25) is 0 Å². The predicted octanol–water partition coefficient (Wildman–Crippen LogP) is 1.86. The molecule has 4 rings (SSSR count). The van der Waals surface area contributed by atoms with Crippen molar-refractivity contribution in [3.8, 4) is 5.75 Å². The predicted molar refractivity (Wildman–Crippen MR) is 133 cm³/mol. The molecule has 1 saturated heterocycles. The number of imidazole rings is 1. The summed E-state index contributed by atoms with van der Waals surface area (Å²) < 4.78 is 9.95. The highest BCUT2D eigenvalue weighted by molar-refractivity contribution is 5.85. The number of nitrogens with zero attached hydrogens (tertiary/aromatic N) is 6. The number of aromatic nitrogens is 4. The summed E-state index contributed by atoms with van der Waals surface area (Å²) in [5.41, 5.74) is 1.49. The van der Waals surface area contributed by atoms with Crippen molar-refractivity contribution in [2.45, 2.75) is 25.8 Å². The molecule has 0 radical (unpaired) electrons. The summed E-state index contributed by atoms with van der Waals surface area (Å²) in [6, 6.07) is 8.20. The van der Waals surface area contributed by atoms with Crippen molar-refractivity contribution in [1.29, 1.82) is 0 Å². The minimum absolute atomic E-state index is 0. The molecule has 9 nitrogen and oxygen atoms in total. The first-order valence-corrected chi connectivity index (χ1v) is 11.2. The monoisotopic (exact) mass is 476 g/mol. The Morgan fingerprint density at radius 1 is 0.939 bits per heavy atom. The van der Waals surface area contributed by atoms with Gasteiger partial charge < -0.3 is 14.2 Å². The highest BCUT2D eigenvalue weighted by atomic mass is 35.5. The lowest BCUT2D eigenvalue weighted by atomic mass is 10.2. The van der Waals surface area contributed by atoms with E-state index >= 15 is 0 Å². The molecule has 0 saturated carbocycles. The normalized spacial score (nSPS) is 14.5. The number of hydrogen-bond donors (Lipinski definition) is 0. The Morgan fingerprint density at radius 2 is 1.64 bits per heavy atom. The van der Waals surface area contributed by atoms with Crippen LogP contribution < -0.4 is 20.9 Å². The molecular weight excluding hydrogens is 444 g/mol. The second kappa shape index (κ2) is 10.9. The van der Waals surface area contributed by atoms with Crippen LogP contribution in [0.4, 0.5) is 5.69 Å². The molecule has 3 aromatic rings. The molecular formula is C23H33ClN6O3. The number of anilines is 1. The number of para-hydroxylation sites is 2. The Bertz CT molecular complexity index is 1190. The summed E-state index contributed by atoms with van der Waals surface area (Å²) >= 11 is 0. The van der Waals surface area contributed by atoms with Crippen LogP contribution in [0.25, 0.3) is 11.2 Å². The zero-order chi connectivity index (χ0) is 22.7. The number of methoxy groups -OCH3 is 1. The lowest BCUT2D eigenvalue weighted by Crippen LogP contribution is -2.46. The number of benzene rings is 1. The van der Waals surface area contributed by atoms with Gasteiger partial charge in [-0.25, -0.2) is 9.78 Å². The molecule has 0 bridgehead atoms. The van der Waals surface area contributed by atoms with E-state index in [2.05, 4.69) is 26.9 Å². The fourth-order valence-electron chi connectivity index (χ4n) is 4.46. The molecule has 33 heavy (non-hydrogen) atoms. The van der Waals surface area contributed by atoms with Gasteiger partial charge in [0.1, 0.15) is 5.75 Å². The summed E-state index contributed by atoms with van der Waals surface area (Å²) in [5.74, 6) is 0.933. The van der Waals surface area contributed by atoms with Gasteiger partial charge in [0.05, 0.1) is 19.1 Å². The first-order chi connectivity index (χ1) is 15.5. The highest BCUT2D eigenvalue weighted by Gasteiger charge is 2.19. The van der Waals surface area contributed by atoms with E-state index < -0.39 is 0 Å². The quantitative estimate of drug-likeness (QED) is 0.462. The van der Waals surface area contributed by atoms with Crippen molar-refractivity contribution < 1.29 is 4.74 Å². The number of unbranched alkanes of at least 4 members (excludes halogenated alkanes) is 2. The van der Waals surface area contributed by atoms with Gasteiger partial charge in [-0.15, -0.1) is 12.4 Å². The lowest BCUT2D eigenvalue weighted by molar-refractivity contribution is 0.251. The third-order valence-electron chi connectivity index (χ3n) is 6.39. The number of rotatable bonds is 8. The molecule has 10 heteroatoms. The fraction of sp³-hybridized carbons (Fsp3) is 0.522. The maximum Gasteiger partial charge on any atom is 0.332 e. The van der Waals surface area contributed by atoms with Crippen molar-refractivity contribution in [3.63, 3.8) is 0 Å². The van der Waals surface area contributed by atoms with E-state index in [-0.39, 0.29) is 23.7 Å². The fourth-order valence-corrected chi connectivity index (χ4v) is 4.46. The number of aryl methyl sites for hydroxylation is 2. The standard InChI is InChI=1S/C23H32N6O3.ClH/c1-25-21-20(22(30)26(2)23(25)31)29(17-24-21)12-8-4-7-11-27-13-15-28(16-14-27)18-9-5-6-10-19(18)32-3;/h5-6,9-10,17H,4,7-8,11-16H2,1-3H3;1H. The first kappa shape index (κ1) is 24.9. The molecule has 0 aliphatic carbocycles. The number of ether oxygens (including phenoxy) is 1. The Balaban J connectivity index is 0.00000306. The summed E-state index contributed by atoms with van der Waals surface area (Å²) in [5, 5.41) is 0. The van der Waals surface area contributed by atoms with Crippen LogP contribution in [0.5, 0.6) is 5.75 Å². The smallest absolute Gasteiger partial charge is 0.332 e. The first-order valence-electron chi connectivity index (χ1n) is 11.2. The van der Waals surface area contributed by atoms with Crippen LogP contribution in [-0.2, 0) is 20.6 Å². The second-order valence-electron chi connectivity index (χ2n) is 8.38. The van der Waals surface area contributed by atoms with Crippen molar-refractivity contribution in [2.24, 2.45) is 14.1 Å². The van der Waals surface area contributed by atoms with E-state index in [0.29, 0.717) is 11.2 Å². The number of fused-ring (bicyclic) bond motifs is 1. The summed E-state index contributed by atoms with van der Waals surface area (Å²) in [6.07, 6.45) is 4.84. The lowest BCUT2D eigenvalue weighted by Gasteiger charge is -2.36. The summed E-state index contributed by atoms with van der Waals surface area (Å²) in [4.78, 5) is 33.8. The number of halogens is 1. The van der Waals surface area contributed by atoms with Gasteiger partial charge in [0.15, 0.2) is 11.2 Å². The molecule has 0 spiro atoms. The van der Waals surface area contributed by atoms with E-state index in [0.717, 1.165) is 68.8 Å². The highest BCUT2D eigenvalue weighted by Crippen LogP contribution is 2.28. The Labute approximate surface area is 199 Å². The molecule has 3 heterocycles. The Hall–Kier alpha value is -2.78. The third-order valence-corrected chi connectivity index (χ3v) is 6.39. The molecule has 0 atom stereocenters. The van der Waals surface area contributed by atoms with Gasteiger partial charge >= 0.3 is 5.69 Å². The maximum atomic E-state index is 12.5. The van der Waals surface area contributed by atoms with Crippen LogP contribution in [-0.4, -0.2) is 63.4 Å². The van der Waals surface area contributed by atoms with Gasteiger partial charge in [-0.3, -0.25) is 18.8 Å². The van der Waals surface area contributed by atoms with Crippen LogP contribution in [0, 0.1) is 0 Å². The summed E-state index contributed by atoms with van der Waals surface area (Å²) in [6.45, 7) is 5.92. The van der Waals surface area contributed by atoms with Crippen molar-refractivity contribution in [1.82, 2.24) is 23.6 Å². The van der Waals surface area contributed by atoms with Crippen molar-refractivity contribution in [3.05, 3.63) is 51.4 Å². The molecule has 0 N–H and O–H groups in total. The minimum Gasteiger partial charge on any atom is -0.495 e. The zero-order valence-electron chi connectivity index (χ0n) is 19.6. The third kappa shape index (κ3) is 5.09. The van der Waals surface area contributed by atoms with Crippen LogP contribution in [0.15, 0.2) is 40.2 Å². The SMILES string of the molecule is COc1ccccc1N1CCN(CCCCCn2cnc3c2c(=O)n(C)c(=O)n3C)CC1.Cl. The zero-order valence-corrected chi connectivity index (χ0v) is 20.4. The van der Waals surface area contributed by atoms with Crippen LogP contribution in [0.3, 0.4) is 0 Å². The van der Waals surface area contributed by atoms with Gasteiger partial charge in [0, 0.05) is 46.8 Å². The van der Waals surface area contributed by atoms with Gasteiger partial charge in [-0.2, -0.15) is 0 Å². The van der Waals surface area contributed by atoms with Crippen LogP contribution in [0.1, 0.15) is 19.3 Å². The molecule has 1 aromatic carbocycles. The topological polar surface area (TPSA) is 77.5 Å². The number of piperazine rings is 1. The van der Waals surface area contributed by atoms with E-state index in [9.17, 15) is 9.59 Å². The molecule has 1 aliphatic rings. The Kier molecular flexibility index (Phi) is 8.20. The molecule has 1 aliphatic heterocycles. The maximum absolute atomic E-state index is 12.5. The average Bonchev–Trinajstić information content (AvgIpc) is 3.25. The molecule has 180 valence electrons. The van der Waals surface area contributed by atoms with Crippen molar-refractivity contribution >= 4 is 29.3 Å². The molecule has 0 amide bonds. The van der Waals surface area contributed by atoms with E-state index in [1.807, 2.05) is 16.7 Å². The van der Waals surface area contributed by atoms with Crippen LogP contribution >= 0.6 is 12.4 Å². The largest absolute Gasteiger partial charge is 0.495 e. The second-order valence-corrected chi connectivity index (χ2v) is 8.38. The Morgan fingerprint density at radius 3 is 2.36 bits per heavy atom. The minimum atomic E-state index is -0.349. The van der Waals surface area contributed by atoms with E-state index in [1.165, 1.54) is 17.3 Å². The van der Waals surface area contributed by atoms with Gasteiger partial charge in [-0.1, -0.05) is 18.6 Å². The molecule has 0 unspecified atom stereocenters. The van der Waals surface area contributed by atoms with Gasteiger partial charge in [0.25, 0.3) is 5.56 Å². The van der Waals surface area contributed by atoms with E-state index in [1.54, 1.807) is 20.5 Å². The molecule has 2 aromatic heterocycles. The summed E-state index contributed by atoms with van der Waals surface area (Å²) in [7, 11) is 4.88. The average molecular weight is 477 g/mol. The number of hydrogen-bond acceptors (Lipinski definition) is 6. The van der Waals surface area contributed by atoms with Gasteiger partial charge in [0.2, 0.25) is 0 Å². The van der Waals surface area contributed by atoms with Crippen molar-refractivity contribution in [2.75, 3.05) is 44.7 Å². The molecule has 1 fully saturated rings. The van der Waals surface area contributed by atoms with E-state index in [4.69, 9.17) is 4.74 Å². The van der Waals surface area contributed by atoms with Gasteiger partial charge in [-0.05, 0) is 31.5 Å².